The molecule has 0 saturated carbocycles. The second-order valence-corrected chi connectivity index (χ2v) is 19.0. The summed E-state index contributed by atoms with van der Waals surface area (Å²) in [6, 6.07) is 0. The van der Waals surface area contributed by atoms with Crippen LogP contribution in [0.3, 0.4) is 0 Å². The van der Waals surface area contributed by atoms with Gasteiger partial charge in [0.15, 0.2) is 6.10 Å². The van der Waals surface area contributed by atoms with Crippen LogP contribution in [0.1, 0.15) is 171 Å². The van der Waals surface area contributed by atoms with Gasteiger partial charge in [-0.05, 0) is 76.3 Å². The van der Waals surface area contributed by atoms with Crippen molar-refractivity contribution in [1.29, 1.82) is 0 Å². The lowest BCUT2D eigenvalue weighted by atomic mass is 10.0. The Labute approximate surface area is 376 Å². The van der Waals surface area contributed by atoms with Crippen molar-refractivity contribution in [3.05, 3.63) is 71.3 Å². The van der Waals surface area contributed by atoms with Gasteiger partial charge < -0.3 is 28.4 Å². The first-order chi connectivity index (χ1) is 29.7. The molecule has 0 amide bonds. The van der Waals surface area contributed by atoms with Gasteiger partial charge in [-0.15, -0.1) is 0 Å². The Morgan fingerprint density at radius 1 is 0.694 bits per heavy atom. The number of esters is 2. The standard InChI is InChI=1S/C50H86NO10P/c1-8-10-27-33-45(52)34-29-23-19-15-13-12-14-16-21-25-31-37-49(53)57-41-46(42-59-62(55,56)58-40-39-51(5,6)7)60-50(54)38-32-26-22-18-17-20-24-30-36-48-44(4)43(3)47(61-48)35-28-11-9-2/h12-13,16,19,21,23,29,34,45-46,52H,8-11,14-15,17-18,20,22,24-28,30-33,35-42H2,1-7H3/p+1/b13-12-,21-16-,23-19-,34-29+/t45-,46-/m1/s1. The number of likely N-dealkylation sites (N-methyl/N-ethyl adjacent to an activating group) is 1. The molecule has 0 aliphatic carbocycles. The summed E-state index contributed by atoms with van der Waals surface area (Å²) >= 11 is 0. The van der Waals surface area contributed by atoms with E-state index in [4.69, 9.17) is 22.9 Å². The maximum absolute atomic E-state index is 12.8. The monoisotopic (exact) mass is 893 g/mol. The van der Waals surface area contributed by atoms with Crippen LogP contribution in [0.15, 0.2) is 53.0 Å². The van der Waals surface area contributed by atoms with Crippen LogP contribution in [0.25, 0.3) is 0 Å². The van der Waals surface area contributed by atoms with Gasteiger partial charge in [0, 0.05) is 25.7 Å². The van der Waals surface area contributed by atoms with Crippen molar-refractivity contribution >= 4 is 19.8 Å². The van der Waals surface area contributed by atoms with Gasteiger partial charge >= 0.3 is 19.8 Å². The fourth-order valence-electron chi connectivity index (χ4n) is 6.59. The van der Waals surface area contributed by atoms with Gasteiger partial charge in [0.25, 0.3) is 0 Å². The lowest BCUT2D eigenvalue weighted by Gasteiger charge is -2.24. The normalized spacial score (nSPS) is 14.4. The van der Waals surface area contributed by atoms with Crippen molar-refractivity contribution in [3.63, 3.8) is 0 Å². The number of phosphoric acid groups is 1. The van der Waals surface area contributed by atoms with Crippen LogP contribution >= 0.6 is 7.82 Å². The predicted octanol–water partition coefficient (Wildman–Crippen LogP) is 12.1. The van der Waals surface area contributed by atoms with Gasteiger partial charge in [0.2, 0.25) is 0 Å². The molecule has 0 fully saturated rings. The number of carbonyl (C=O) groups is 2. The minimum atomic E-state index is -4.42. The zero-order valence-corrected chi connectivity index (χ0v) is 40.8. The first-order valence-corrected chi connectivity index (χ1v) is 25.3. The molecule has 1 aromatic heterocycles. The second kappa shape index (κ2) is 35.5. The van der Waals surface area contributed by atoms with E-state index in [0.717, 1.165) is 89.2 Å². The molecule has 0 aliphatic heterocycles. The van der Waals surface area contributed by atoms with Crippen LogP contribution in [0.4, 0.5) is 0 Å². The number of unbranched alkanes of at least 4 members (excludes halogenated alkanes) is 12. The summed E-state index contributed by atoms with van der Waals surface area (Å²) in [6.45, 7) is 8.51. The molecule has 0 bridgehead atoms. The highest BCUT2D eigenvalue weighted by atomic mass is 31.2. The highest BCUT2D eigenvalue weighted by Gasteiger charge is 2.27. The molecular weight excluding hydrogens is 806 g/mol. The number of phosphoric ester groups is 1. The van der Waals surface area contributed by atoms with Crippen LogP contribution in [-0.4, -0.2) is 86.1 Å². The van der Waals surface area contributed by atoms with E-state index in [1.165, 1.54) is 49.0 Å². The molecule has 0 spiro atoms. The van der Waals surface area contributed by atoms with Crippen molar-refractivity contribution in [2.45, 2.75) is 188 Å². The quantitative estimate of drug-likeness (QED) is 0.0164. The number of hydrogen-bond acceptors (Lipinski definition) is 9. The number of rotatable bonds is 39. The molecule has 356 valence electrons. The number of aliphatic hydroxyl groups is 1. The summed E-state index contributed by atoms with van der Waals surface area (Å²) in [6.07, 6.45) is 36.0. The highest BCUT2D eigenvalue weighted by molar-refractivity contribution is 7.47. The van der Waals surface area contributed by atoms with E-state index in [1.54, 1.807) is 0 Å². The average molecular weight is 893 g/mol. The highest BCUT2D eigenvalue weighted by Crippen LogP contribution is 2.43. The molecule has 12 heteroatoms. The number of carbonyl (C=O) groups excluding carboxylic acids is 2. The summed E-state index contributed by atoms with van der Waals surface area (Å²) in [7, 11) is 1.39. The van der Waals surface area contributed by atoms with E-state index in [2.05, 4.69) is 45.9 Å². The van der Waals surface area contributed by atoms with E-state index in [9.17, 15) is 24.2 Å². The molecule has 11 nitrogen and oxygen atoms in total. The Kier molecular flexibility index (Phi) is 32.8. The Morgan fingerprint density at radius 3 is 1.90 bits per heavy atom. The van der Waals surface area contributed by atoms with Gasteiger partial charge in [-0.3, -0.25) is 18.6 Å². The zero-order valence-electron chi connectivity index (χ0n) is 39.9. The topological polar surface area (TPSA) is 142 Å². The third kappa shape index (κ3) is 32.0. The molecule has 2 N–H and O–H groups in total. The molecule has 62 heavy (non-hydrogen) atoms. The molecule has 0 aliphatic rings. The maximum atomic E-state index is 12.8. The van der Waals surface area contributed by atoms with Gasteiger partial charge in [-0.1, -0.05) is 133 Å². The predicted molar refractivity (Wildman–Crippen MR) is 252 cm³/mol. The summed E-state index contributed by atoms with van der Waals surface area (Å²) < 4.78 is 40.6. The van der Waals surface area contributed by atoms with E-state index in [0.29, 0.717) is 30.3 Å². The second-order valence-electron chi connectivity index (χ2n) is 17.6. The lowest BCUT2D eigenvalue weighted by molar-refractivity contribution is -0.870. The first kappa shape index (κ1) is 57.2. The molecule has 1 rings (SSSR count). The van der Waals surface area contributed by atoms with E-state index < -0.39 is 32.5 Å². The molecule has 1 aromatic rings. The van der Waals surface area contributed by atoms with Gasteiger partial charge in [0.1, 0.15) is 31.3 Å². The van der Waals surface area contributed by atoms with Gasteiger partial charge in [-0.25, -0.2) is 4.57 Å². The molecule has 0 saturated heterocycles. The molecule has 1 heterocycles. The Balaban J connectivity index is 2.39. The summed E-state index contributed by atoms with van der Waals surface area (Å²) in [5.74, 6) is 1.41. The number of nitrogens with zero attached hydrogens (tertiary/aromatic N) is 1. The lowest BCUT2D eigenvalue weighted by Crippen LogP contribution is -2.37. The third-order valence-electron chi connectivity index (χ3n) is 10.7. The zero-order chi connectivity index (χ0) is 45.9. The number of aryl methyl sites for hydroxylation is 2. The summed E-state index contributed by atoms with van der Waals surface area (Å²) in [5.41, 5.74) is 2.64. The number of furan rings is 1. The number of aliphatic hydroxyl groups excluding tert-OH is 1. The van der Waals surface area contributed by atoms with Crippen LogP contribution in [0, 0.1) is 13.8 Å². The maximum Gasteiger partial charge on any atom is 0.472 e. The molecule has 0 radical (unpaired) electrons. The smallest absolute Gasteiger partial charge is 0.466 e. The van der Waals surface area contributed by atoms with E-state index >= 15 is 0 Å². The van der Waals surface area contributed by atoms with Crippen LogP contribution in [-0.2, 0) is 45.5 Å². The Bertz CT molecular complexity index is 1490. The van der Waals surface area contributed by atoms with E-state index in [1.807, 2.05) is 51.5 Å². The molecule has 1 unspecified atom stereocenters. The average Bonchev–Trinajstić information content (AvgIpc) is 3.48. The Morgan fingerprint density at radius 2 is 1.26 bits per heavy atom. The molecular formula is C50H87NO10P+. The number of hydrogen-bond donors (Lipinski definition) is 2. The van der Waals surface area contributed by atoms with Crippen LogP contribution in [0.2, 0.25) is 0 Å². The summed E-state index contributed by atoms with van der Waals surface area (Å²) in [4.78, 5) is 35.5. The van der Waals surface area contributed by atoms with Crippen molar-refractivity contribution in [2.24, 2.45) is 0 Å². The van der Waals surface area contributed by atoms with Crippen molar-refractivity contribution in [2.75, 3.05) is 47.5 Å². The summed E-state index contributed by atoms with van der Waals surface area (Å²) in [5, 5.41) is 9.92. The minimum Gasteiger partial charge on any atom is -0.466 e. The SMILES string of the molecule is CCCCCc1oc(CCCCCCCCCCC(=O)O[C@H](COC(=O)CCC/C=C\C/C=C\C/C=C\C=C\[C@H](O)CCCCC)COP(=O)(O)OCC[N+](C)(C)C)c(C)c1C. The minimum absolute atomic E-state index is 0.00674. The fourth-order valence-corrected chi connectivity index (χ4v) is 7.33. The van der Waals surface area contributed by atoms with Crippen molar-refractivity contribution < 1.29 is 51.6 Å². The van der Waals surface area contributed by atoms with E-state index in [-0.39, 0.29) is 32.2 Å². The first-order valence-electron chi connectivity index (χ1n) is 23.8. The van der Waals surface area contributed by atoms with Crippen molar-refractivity contribution in [1.82, 2.24) is 0 Å². The van der Waals surface area contributed by atoms with Crippen LogP contribution in [0.5, 0.6) is 0 Å². The third-order valence-corrected chi connectivity index (χ3v) is 11.7. The largest absolute Gasteiger partial charge is 0.472 e. The number of allylic oxidation sites excluding steroid dienone is 7. The van der Waals surface area contributed by atoms with Crippen molar-refractivity contribution in [3.8, 4) is 0 Å². The van der Waals surface area contributed by atoms with Gasteiger partial charge in [0.05, 0.1) is 33.9 Å². The number of quaternary nitrogens is 1. The number of ether oxygens (including phenoxy) is 2. The molecule has 3 atom stereocenters. The molecule has 0 aromatic carbocycles. The Hall–Kier alpha value is -2.79. The van der Waals surface area contributed by atoms with Crippen LogP contribution < -0.4 is 0 Å². The fraction of sp³-hybridized carbons (Fsp3) is 0.720. The van der Waals surface area contributed by atoms with Gasteiger partial charge in [-0.2, -0.15) is 0 Å².